The third-order valence-corrected chi connectivity index (χ3v) is 4.20. The molecule has 0 spiro atoms. The maximum absolute atomic E-state index is 2.65. The van der Waals surface area contributed by atoms with Crippen LogP contribution in [0.25, 0.3) is 0 Å². The van der Waals surface area contributed by atoms with Gasteiger partial charge in [0.2, 0.25) is 0 Å². The Kier molecular flexibility index (Phi) is 7.87. The lowest BCUT2D eigenvalue weighted by atomic mass is 9.99. The lowest BCUT2D eigenvalue weighted by Crippen LogP contribution is -2.47. The van der Waals surface area contributed by atoms with Crippen LogP contribution in [-0.2, 0) is 0 Å². The molecule has 2 saturated heterocycles. The fourth-order valence-electron chi connectivity index (χ4n) is 2.64. The quantitative estimate of drug-likeness (QED) is 0.764. The Morgan fingerprint density at radius 2 is 1.22 bits per heavy atom. The predicted molar refractivity (Wildman–Crippen MR) is 80.1 cm³/mol. The lowest BCUT2D eigenvalue weighted by molar-refractivity contribution is 0.121. The summed E-state index contributed by atoms with van der Waals surface area (Å²) in [5.74, 6) is 0.958. The molecule has 0 radical (unpaired) electrons. The summed E-state index contributed by atoms with van der Waals surface area (Å²) in [7, 11) is 2.23. The van der Waals surface area contributed by atoms with E-state index in [-0.39, 0.29) is 0 Å². The van der Waals surface area contributed by atoms with Crippen LogP contribution in [0.2, 0.25) is 0 Å². The van der Waals surface area contributed by atoms with Crippen molar-refractivity contribution in [1.29, 1.82) is 0 Å². The summed E-state index contributed by atoms with van der Waals surface area (Å²) in [5, 5.41) is 0. The van der Waals surface area contributed by atoms with Crippen molar-refractivity contribution in [2.75, 3.05) is 59.4 Å². The van der Waals surface area contributed by atoms with Crippen molar-refractivity contribution in [3.05, 3.63) is 0 Å². The normalized spacial score (nSPS) is 24.7. The molecule has 0 aromatic rings. The summed E-state index contributed by atoms with van der Waals surface area (Å²) < 4.78 is 0. The third kappa shape index (κ3) is 5.68. The molecular formula is C15H33N3. The fraction of sp³-hybridized carbons (Fsp3) is 1.00. The molecule has 0 unspecified atom stereocenters. The van der Waals surface area contributed by atoms with Gasteiger partial charge in [-0.15, -0.1) is 0 Å². The zero-order valence-electron chi connectivity index (χ0n) is 13.0. The van der Waals surface area contributed by atoms with Gasteiger partial charge in [0.05, 0.1) is 0 Å². The number of piperazine rings is 1. The molecule has 2 fully saturated rings. The highest BCUT2D eigenvalue weighted by Gasteiger charge is 2.18. The smallest absolute Gasteiger partial charge is 0.0110 e. The third-order valence-electron chi connectivity index (χ3n) is 4.20. The highest BCUT2D eigenvalue weighted by Crippen LogP contribution is 2.15. The van der Waals surface area contributed by atoms with E-state index in [1.165, 1.54) is 65.2 Å². The largest absolute Gasteiger partial charge is 0.304 e. The van der Waals surface area contributed by atoms with Gasteiger partial charge in [-0.2, -0.15) is 0 Å². The van der Waals surface area contributed by atoms with Crippen molar-refractivity contribution in [3.63, 3.8) is 0 Å². The van der Waals surface area contributed by atoms with Crippen LogP contribution >= 0.6 is 0 Å². The standard InChI is InChI=1S/C13H27N3.C2H6/c1-13-3-5-15(6-4-13)11-12-16-9-7-14(2)8-10-16;1-2/h13H,3-12H2,1-2H3;1-2H3. The molecule has 18 heavy (non-hydrogen) atoms. The van der Waals surface area contributed by atoms with Crippen LogP contribution in [0.1, 0.15) is 33.6 Å². The predicted octanol–water partition coefficient (Wildman–Crippen LogP) is 1.99. The second-order valence-corrected chi connectivity index (χ2v) is 5.67. The average molecular weight is 255 g/mol. The van der Waals surface area contributed by atoms with E-state index < -0.39 is 0 Å². The van der Waals surface area contributed by atoms with E-state index in [4.69, 9.17) is 0 Å². The Morgan fingerprint density at radius 3 is 1.72 bits per heavy atom. The second kappa shape index (κ2) is 8.89. The summed E-state index contributed by atoms with van der Waals surface area (Å²) in [6.45, 7) is 16.6. The van der Waals surface area contributed by atoms with Crippen molar-refractivity contribution in [2.24, 2.45) is 5.92 Å². The minimum absolute atomic E-state index is 0.958. The fourth-order valence-corrected chi connectivity index (χ4v) is 2.64. The minimum atomic E-state index is 0.958. The van der Waals surface area contributed by atoms with Gasteiger partial charge in [-0.1, -0.05) is 20.8 Å². The SMILES string of the molecule is CC.CC1CCN(CCN2CCN(C)CC2)CC1. The number of rotatable bonds is 3. The number of hydrogen-bond donors (Lipinski definition) is 0. The lowest BCUT2D eigenvalue weighted by Gasteiger charge is -2.35. The summed E-state index contributed by atoms with van der Waals surface area (Å²) >= 11 is 0. The van der Waals surface area contributed by atoms with Crippen LogP contribution in [-0.4, -0.2) is 74.1 Å². The molecule has 0 atom stereocenters. The van der Waals surface area contributed by atoms with Gasteiger partial charge in [0, 0.05) is 39.3 Å². The molecule has 0 aromatic heterocycles. The molecule has 2 aliphatic rings. The second-order valence-electron chi connectivity index (χ2n) is 5.67. The van der Waals surface area contributed by atoms with Crippen LogP contribution in [0.15, 0.2) is 0 Å². The van der Waals surface area contributed by atoms with Crippen molar-refractivity contribution in [2.45, 2.75) is 33.6 Å². The molecular weight excluding hydrogens is 222 g/mol. The molecule has 2 aliphatic heterocycles. The van der Waals surface area contributed by atoms with Crippen LogP contribution in [0.5, 0.6) is 0 Å². The van der Waals surface area contributed by atoms with Gasteiger partial charge in [-0.05, 0) is 38.9 Å². The number of likely N-dealkylation sites (N-methyl/N-ethyl adjacent to an activating group) is 1. The number of nitrogens with zero attached hydrogens (tertiary/aromatic N) is 3. The van der Waals surface area contributed by atoms with Gasteiger partial charge >= 0.3 is 0 Å². The van der Waals surface area contributed by atoms with Crippen LogP contribution in [0, 0.1) is 5.92 Å². The summed E-state index contributed by atoms with van der Waals surface area (Å²) in [6, 6.07) is 0. The van der Waals surface area contributed by atoms with E-state index in [1.807, 2.05) is 13.8 Å². The molecule has 0 saturated carbocycles. The van der Waals surface area contributed by atoms with Gasteiger partial charge in [-0.3, -0.25) is 4.90 Å². The highest BCUT2D eigenvalue weighted by atomic mass is 15.3. The first-order chi connectivity index (χ1) is 8.74. The van der Waals surface area contributed by atoms with E-state index in [2.05, 4.69) is 28.7 Å². The number of piperidine rings is 1. The van der Waals surface area contributed by atoms with Gasteiger partial charge in [0.25, 0.3) is 0 Å². The number of likely N-dealkylation sites (tertiary alicyclic amines) is 1. The van der Waals surface area contributed by atoms with Crippen LogP contribution in [0.3, 0.4) is 0 Å². The zero-order chi connectivity index (χ0) is 13.4. The number of hydrogen-bond acceptors (Lipinski definition) is 3. The molecule has 2 rings (SSSR count). The molecule has 0 aliphatic carbocycles. The van der Waals surface area contributed by atoms with Crippen molar-refractivity contribution >= 4 is 0 Å². The Bertz CT molecular complexity index is 170. The van der Waals surface area contributed by atoms with E-state index >= 15 is 0 Å². The van der Waals surface area contributed by atoms with E-state index in [0.717, 1.165) is 5.92 Å². The van der Waals surface area contributed by atoms with E-state index in [1.54, 1.807) is 0 Å². The van der Waals surface area contributed by atoms with Crippen LogP contribution in [0.4, 0.5) is 0 Å². The Morgan fingerprint density at radius 1 is 0.778 bits per heavy atom. The Balaban J connectivity index is 0.000000771. The topological polar surface area (TPSA) is 9.72 Å². The monoisotopic (exact) mass is 255 g/mol. The first-order valence-corrected chi connectivity index (χ1v) is 7.87. The van der Waals surface area contributed by atoms with Gasteiger partial charge in [0.15, 0.2) is 0 Å². The Labute approximate surface area is 114 Å². The van der Waals surface area contributed by atoms with Gasteiger partial charge in [0.1, 0.15) is 0 Å². The summed E-state index contributed by atoms with van der Waals surface area (Å²) in [4.78, 5) is 7.70. The Hall–Kier alpha value is -0.120. The average Bonchev–Trinajstić information content (AvgIpc) is 2.42. The molecule has 0 amide bonds. The van der Waals surface area contributed by atoms with Crippen molar-refractivity contribution in [3.8, 4) is 0 Å². The van der Waals surface area contributed by atoms with Gasteiger partial charge < -0.3 is 9.80 Å². The van der Waals surface area contributed by atoms with Gasteiger partial charge in [-0.25, -0.2) is 0 Å². The maximum atomic E-state index is 2.65. The molecule has 0 aromatic carbocycles. The van der Waals surface area contributed by atoms with Crippen molar-refractivity contribution in [1.82, 2.24) is 14.7 Å². The van der Waals surface area contributed by atoms with Crippen molar-refractivity contribution < 1.29 is 0 Å². The zero-order valence-corrected chi connectivity index (χ0v) is 13.0. The molecule has 108 valence electrons. The minimum Gasteiger partial charge on any atom is -0.304 e. The summed E-state index contributed by atoms with van der Waals surface area (Å²) in [5.41, 5.74) is 0. The molecule has 0 bridgehead atoms. The molecule has 3 heteroatoms. The molecule has 2 heterocycles. The summed E-state index contributed by atoms with van der Waals surface area (Å²) in [6.07, 6.45) is 2.81. The first kappa shape index (κ1) is 15.9. The molecule has 0 N–H and O–H groups in total. The highest BCUT2D eigenvalue weighted by molar-refractivity contribution is 4.73. The first-order valence-electron chi connectivity index (χ1n) is 7.87. The maximum Gasteiger partial charge on any atom is 0.0110 e. The van der Waals surface area contributed by atoms with Crippen LogP contribution < -0.4 is 0 Å². The molecule has 3 nitrogen and oxygen atoms in total. The van der Waals surface area contributed by atoms with E-state index in [0.29, 0.717) is 0 Å². The van der Waals surface area contributed by atoms with E-state index in [9.17, 15) is 0 Å².